The molecule has 5 atom stereocenters. The quantitative estimate of drug-likeness (QED) is 0.288. The van der Waals surface area contributed by atoms with Gasteiger partial charge in [-0.1, -0.05) is 49.6 Å². The van der Waals surface area contributed by atoms with Crippen LogP contribution in [0.15, 0.2) is 66.7 Å². The second-order valence-electron chi connectivity index (χ2n) is 12.3. The van der Waals surface area contributed by atoms with E-state index in [1.165, 1.54) is 6.42 Å². The third-order valence-corrected chi connectivity index (χ3v) is 8.97. The number of nitrogens with zero attached hydrogens (tertiary/aromatic N) is 1. The fourth-order valence-corrected chi connectivity index (χ4v) is 7.05. The fraction of sp³-hybridized carbons (Fsp3) is 0.500. The molecule has 2 saturated heterocycles. The van der Waals surface area contributed by atoms with Crippen LogP contribution in [0, 0.1) is 11.8 Å². The van der Waals surface area contributed by atoms with Crippen molar-refractivity contribution < 1.29 is 28.6 Å². The van der Waals surface area contributed by atoms with Gasteiger partial charge in [0.1, 0.15) is 23.1 Å². The van der Waals surface area contributed by atoms with Crippen LogP contribution in [0.3, 0.4) is 0 Å². The lowest BCUT2D eigenvalue weighted by atomic mass is 9.74. The summed E-state index contributed by atoms with van der Waals surface area (Å²) in [5, 5.41) is 6.21. The van der Waals surface area contributed by atoms with Crippen molar-refractivity contribution >= 4 is 23.4 Å². The summed E-state index contributed by atoms with van der Waals surface area (Å²) < 4.78 is 18.0. The first kappa shape index (κ1) is 29.4. The number of hydrogen-bond acceptors (Lipinski definition) is 6. The molecule has 0 radical (unpaired) electrons. The molecular weight excluding hydrogens is 546 g/mol. The highest BCUT2D eigenvalue weighted by molar-refractivity contribution is 6.02. The van der Waals surface area contributed by atoms with Crippen LogP contribution >= 0.6 is 0 Å². The number of ether oxygens (including phenoxy) is 3. The van der Waals surface area contributed by atoms with Crippen LogP contribution in [-0.2, 0) is 23.9 Å². The normalized spacial score (nSPS) is 27.9. The third-order valence-electron chi connectivity index (χ3n) is 8.97. The number of rotatable bonds is 11. The van der Waals surface area contributed by atoms with Crippen molar-refractivity contribution in [2.24, 2.45) is 11.8 Å². The first-order valence-corrected chi connectivity index (χ1v) is 15.6. The molecule has 3 amide bonds. The van der Waals surface area contributed by atoms with E-state index in [4.69, 9.17) is 14.2 Å². The van der Waals surface area contributed by atoms with Crippen molar-refractivity contribution in [1.82, 2.24) is 10.2 Å². The number of nitrogens with one attached hydrogen (secondary N) is 2. The van der Waals surface area contributed by atoms with Gasteiger partial charge in [0.25, 0.3) is 0 Å². The van der Waals surface area contributed by atoms with Crippen molar-refractivity contribution in [2.75, 3.05) is 18.5 Å². The molecular formula is C34H41N3O6. The predicted molar refractivity (Wildman–Crippen MR) is 162 cm³/mol. The maximum Gasteiger partial charge on any atom is 0.246 e. The van der Waals surface area contributed by atoms with Crippen LogP contribution in [0.1, 0.15) is 52.4 Å². The summed E-state index contributed by atoms with van der Waals surface area (Å²) in [4.78, 5) is 43.4. The van der Waals surface area contributed by atoms with E-state index < -0.39 is 29.6 Å². The molecule has 9 heteroatoms. The van der Waals surface area contributed by atoms with E-state index in [9.17, 15) is 14.4 Å². The standard InChI is InChI=1S/C34H41N3O6/c1-22(2)41-21-9-20-37-30(32(39)36-23-10-5-3-6-11-23)34-19-18-27(43-34)28(29(34)33(37)40)31(38)35-24-14-16-26(17-15-24)42-25-12-7-4-8-13-25/h4,7-8,12-19,22-23,27-30H,3,5-6,9-11,20-21H2,1-2H3,(H,35,38)(H,36,39)/t27-,28-,29-,30+,34-/m0/s1. The summed E-state index contributed by atoms with van der Waals surface area (Å²) in [6.07, 6.45) is 8.99. The Bertz CT molecular complexity index is 1340. The summed E-state index contributed by atoms with van der Waals surface area (Å²) in [7, 11) is 0. The third kappa shape index (κ3) is 5.93. The van der Waals surface area contributed by atoms with E-state index in [0.29, 0.717) is 31.0 Å². The molecule has 228 valence electrons. The number of carbonyl (C=O) groups is 3. The number of likely N-dealkylation sites (tertiary alicyclic amines) is 1. The second kappa shape index (κ2) is 12.5. The van der Waals surface area contributed by atoms with Gasteiger partial charge in [-0.3, -0.25) is 14.4 Å². The Morgan fingerprint density at radius 3 is 2.44 bits per heavy atom. The fourth-order valence-electron chi connectivity index (χ4n) is 7.05. The molecule has 0 aromatic heterocycles. The lowest BCUT2D eigenvalue weighted by Crippen LogP contribution is -2.56. The minimum Gasteiger partial charge on any atom is -0.457 e. The van der Waals surface area contributed by atoms with E-state index in [1.807, 2.05) is 56.3 Å². The average Bonchev–Trinajstić information content (AvgIpc) is 3.64. The maximum absolute atomic E-state index is 14.1. The first-order chi connectivity index (χ1) is 20.9. The second-order valence-corrected chi connectivity index (χ2v) is 12.3. The van der Waals surface area contributed by atoms with Crippen molar-refractivity contribution in [3.63, 3.8) is 0 Å². The van der Waals surface area contributed by atoms with Crippen molar-refractivity contribution in [1.29, 1.82) is 0 Å². The zero-order chi connectivity index (χ0) is 30.0. The monoisotopic (exact) mass is 587 g/mol. The number of hydrogen-bond donors (Lipinski definition) is 2. The molecule has 6 rings (SSSR count). The number of benzene rings is 2. The van der Waals surface area contributed by atoms with Crippen LogP contribution in [-0.4, -0.2) is 65.7 Å². The van der Waals surface area contributed by atoms with Gasteiger partial charge in [0.05, 0.1) is 24.0 Å². The zero-order valence-corrected chi connectivity index (χ0v) is 24.9. The van der Waals surface area contributed by atoms with Gasteiger partial charge in [0, 0.05) is 24.9 Å². The summed E-state index contributed by atoms with van der Waals surface area (Å²) >= 11 is 0. The topological polar surface area (TPSA) is 106 Å². The summed E-state index contributed by atoms with van der Waals surface area (Å²) in [5.74, 6) is -0.889. The van der Waals surface area contributed by atoms with Crippen LogP contribution in [0.25, 0.3) is 0 Å². The van der Waals surface area contributed by atoms with Gasteiger partial charge in [0.15, 0.2) is 0 Å². The summed E-state index contributed by atoms with van der Waals surface area (Å²) in [6.45, 7) is 4.76. The van der Waals surface area contributed by atoms with E-state index in [1.54, 1.807) is 29.2 Å². The van der Waals surface area contributed by atoms with Crippen molar-refractivity contribution in [3.05, 3.63) is 66.7 Å². The van der Waals surface area contributed by atoms with Gasteiger partial charge in [-0.05, 0) is 69.5 Å². The van der Waals surface area contributed by atoms with E-state index >= 15 is 0 Å². The largest absolute Gasteiger partial charge is 0.457 e. The zero-order valence-electron chi connectivity index (χ0n) is 24.9. The van der Waals surface area contributed by atoms with Gasteiger partial charge >= 0.3 is 0 Å². The average molecular weight is 588 g/mol. The van der Waals surface area contributed by atoms with Gasteiger partial charge in [-0.25, -0.2) is 0 Å². The molecule has 43 heavy (non-hydrogen) atoms. The summed E-state index contributed by atoms with van der Waals surface area (Å²) in [6, 6.07) is 15.8. The van der Waals surface area contributed by atoms with Gasteiger partial charge in [-0.2, -0.15) is 0 Å². The molecule has 0 unspecified atom stereocenters. The number of anilines is 1. The molecule has 2 aromatic carbocycles. The molecule has 4 aliphatic rings. The van der Waals surface area contributed by atoms with E-state index in [2.05, 4.69) is 10.6 Å². The number of para-hydroxylation sites is 1. The molecule has 2 aromatic rings. The van der Waals surface area contributed by atoms with Crippen molar-refractivity contribution in [2.45, 2.75) is 82.3 Å². The van der Waals surface area contributed by atoms with E-state index in [0.717, 1.165) is 31.4 Å². The molecule has 1 spiro atoms. The Morgan fingerprint density at radius 1 is 1.00 bits per heavy atom. The number of fused-ring (bicyclic) bond motifs is 1. The lowest BCUT2D eigenvalue weighted by Gasteiger charge is -2.34. The van der Waals surface area contributed by atoms with Crippen molar-refractivity contribution in [3.8, 4) is 11.5 Å². The molecule has 3 heterocycles. The highest BCUT2D eigenvalue weighted by Crippen LogP contribution is 2.55. The van der Waals surface area contributed by atoms with Gasteiger partial charge in [0.2, 0.25) is 17.7 Å². The number of carbonyl (C=O) groups excluding carboxylic acids is 3. The highest BCUT2D eigenvalue weighted by atomic mass is 16.5. The van der Waals surface area contributed by atoms with Crippen LogP contribution in [0.4, 0.5) is 5.69 Å². The SMILES string of the molecule is CC(C)OCCCN1C(=O)[C@@H]2[C@@H](C(=O)Nc3ccc(Oc4ccccc4)cc3)[C@@H]3C=C[C@@]2(O3)[C@H]1C(=O)NC1CCCCC1. The Labute approximate surface area is 252 Å². The molecule has 3 aliphatic heterocycles. The first-order valence-electron chi connectivity index (χ1n) is 15.6. The predicted octanol–water partition coefficient (Wildman–Crippen LogP) is 4.83. The maximum atomic E-state index is 14.1. The molecule has 3 fully saturated rings. The Morgan fingerprint density at radius 2 is 1.72 bits per heavy atom. The minimum atomic E-state index is -1.17. The molecule has 2 bridgehead atoms. The highest BCUT2D eigenvalue weighted by Gasteiger charge is 2.72. The van der Waals surface area contributed by atoms with E-state index in [-0.39, 0.29) is 29.9 Å². The summed E-state index contributed by atoms with van der Waals surface area (Å²) in [5.41, 5.74) is -0.583. The smallest absolute Gasteiger partial charge is 0.246 e. The molecule has 2 N–H and O–H groups in total. The molecule has 1 aliphatic carbocycles. The van der Waals surface area contributed by atoms with Gasteiger partial charge < -0.3 is 29.7 Å². The van der Waals surface area contributed by atoms with Crippen LogP contribution in [0.5, 0.6) is 11.5 Å². The lowest BCUT2D eigenvalue weighted by molar-refractivity contribution is -0.141. The minimum absolute atomic E-state index is 0.0755. The Kier molecular flexibility index (Phi) is 8.54. The number of amides is 3. The van der Waals surface area contributed by atoms with Crippen LogP contribution in [0.2, 0.25) is 0 Å². The Hall–Kier alpha value is -3.69. The molecule has 9 nitrogen and oxygen atoms in total. The Balaban J connectivity index is 1.19. The molecule has 1 saturated carbocycles. The van der Waals surface area contributed by atoms with Crippen LogP contribution < -0.4 is 15.4 Å². The van der Waals surface area contributed by atoms with Gasteiger partial charge in [-0.15, -0.1) is 0 Å².